The van der Waals surface area contributed by atoms with Crippen molar-refractivity contribution < 1.29 is 5.11 Å². The molecule has 0 aliphatic rings. The number of rotatable bonds is 8. The second-order valence-corrected chi connectivity index (χ2v) is 6.02. The van der Waals surface area contributed by atoms with E-state index in [1.165, 1.54) is 24.0 Å². The number of hydrogen-bond acceptors (Lipinski definition) is 2. The average molecular weight is 263 g/mol. The Morgan fingerprint density at radius 2 is 1.58 bits per heavy atom. The van der Waals surface area contributed by atoms with E-state index in [-0.39, 0.29) is 12.1 Å². The number of aliphatic hydroxyl groups excluding tert-OH is 1. The van der Waals surface area contributed by atoms with E-state index in [0.29, 0.717) is 0 Å². The number of aliphatic hydroxyl groups is 1. The maximum absolute atomic E-state index is 9.09. The van der Waals surface area contributed by atoms with Crippen LogP contribution in [0.25, 0.3) is 0 Å². The molecule has 0 unspecified atom stereocenters. The molecule has 2 heteroatoms. The summed E-state index contributed by atoms with van der Waals surface area (Å²) in [4.78, 5) is 2.34. The Morgan fingerprint density at radius 3 is 2.05 bits per heavy atom. The largest absolute Gasteiger partial charge is 0.396 e. The topological polar surface area (TPSA) is 23.5 Å². The van der Waals surface area contributed by atoms with Crippen molar-refractivity contribution >= 4 is 0 Å². The van der Waals surface area contributed by atoms with Gasteiger partial charge in [-0.1, -0.05) is 37.6 Å². The molecular weight excluding hydrogens is 234 g/mol. The maximum atomic E-state index is 9.09. The zero-order chi connectivity index (χ0) is 14.3. The summed E-state index contributed by atoms with van der Waals surface area (Å²) in [5, 5.41) is 9.09. The highest BCUT2D eigenvalue weighted by molar-refractivity contribution is 5.22. The minimum atomic E-state index is 0.0664. The molecule has 19 heavy (non-hydrogen) atoms. The van der Waals surface area contributed by atoms with Crippen LogP contribution in [0.5, 0.6) is 0 Å². The van der Waals surface area contributed by atoms with Crippen molar-refractivity contribution in [3.63, 3.8) is 0 Å². The van der Waals surface area contributed by atoms with Crippen LogP contribution in [0.15, 0.2) is 24.3 Å². The molecule has 0 bridgehead atoms. The second-order valence-electron chi connectivity index (χ2n) is 6.02. The molecule has 0 spiro atoms. The molecule has 1 aromatic rings. The molecule has 1 aromatic carbocycles. The van der Waals surface area contributed by atoms with Crippen LogP contribution < -0.4 is 0 Å². The lowest BCUT2D eigenvalue weighted by atomic mass is 9.98. The Bertz CT molecular complexity index is 356. The molecule has 0 saturated carbocycles. The fraction of sp³-hybridized carbons (Fsp3) is 0.647. The van der Waals surface area contributed by atoms with Gasteiger partial charge in [-0.3, -0.25) is 0 Å². The van der Waals surface area contributed by atoms with Gasteiger partial charge in [-0.25, -0.2) is 0 Å². The van der Waals surface area contributed by atoms with Crippen LogP contribution in [-0.4, -0.2) is 35.7 Å². The van der Waals surface area contributed by atoms with Crippen molar-refractivity contribution in [3.8, 4) is 0 Å². The number of nitrogens with zero attached hydrogens (tertiary/aromatic N) is 1. The molecule has 2 nitrogen and oxygen atoms in total. The fourth-order valence-electron chi connectivity index (χ4n) is 2.23. The lowest BCUT2D eigenvalue weighted by Crippen LogP contribution is -2.42. The van der Waals surface area contributed by atoms with Crippen molar-refractivity contribution in [1.29, 1.82) is 0 Å². The molecule has 0 radical (unpaired) electrons. The van der Waals surface area contributed by atoms with Gasteiger partial charge in [0.1, 0.15) is 0 Å². The highest BCUT2D eigenvalue weighted by Gasteiger charge is 2.22. The lowest BCUT2D eigenvalue weighted by molar-refractivity contribution is 0.118. The quantitative estimate of drug-likeness (QED) is 0.778. The summed E-state index contributed by atoms with van der Waals surface area (Å²) in [5.41, 5.74) is 2.89. The van der Waals surface area contributed by atoms with Crippen molar-refractivity contribution in [1.82, 2.24) is 4.90 Å². The highest BCUT2D eigenvalue weighted by Crippen LogP contribution is 2.17. The van der Waals surface area contributed by atoms with E-state index in [1.807, 2.05) is 0 Å². The van der Waals surface area contributed by atoms with E-state index in [0.717, 1.165) is 19.4 Å². The molecule has 0 aliphatic heterocycles. The van der Waals surface area contributed by atoms with E-state index in [1.54, 1.807) is 0 Å². The summed E-state index contributed by atoms with van der Waals surface area (Å²) in [6.07, 6.45) is 4.26. The van der Waals surface area contributed by atoms with Gasteiger partial charge >= 0.3 is 0 Å². The first-order chi connectivity index (χ1) is 8.99. The molecule has 0 fully saturated rings. The number of aryl methyl sites for hydroxylation is 1. The Kier molecular flexibility index (Phi) is 6.53. The normalized spacial score (nSPS) is 12.1. The zero-order valence-corrected chi connectivity index (χ0v) is 12.9. The summed E-state index contributed by atoms with van der Waals surface area (Å²) in [5.74, 6) is 0. The summed E-state index contributed by atoms with van der Waals surface area (Å²) in [7, 11) is 2.14. The average Bonchev–Trinajstić information content (AvgIpc) is 2.38. The molecule has 0 heterocycles. The van der Waals surface area contributed by atoms with Crippen LogP contribution in [0, 0.1) is 0 Å². The summed E-state index contributed by atoms with van der Waals surface area (Å²) in [6.45, 7) is 7.87. The Hall–Kier alpha value is -0.860. The van der Waals surface area contributed by atoms with Gasteiger partial charge < -0.3 is 10.0 Å². The third kappa shape index (κ3) is 5.33. The van der Waals surface area contributed by atoms with Crippen LogP contribution in [0.4, 0.5) is 0 Å². The van der Waals surface area contributed by atoms with E-state index in [2.05, 4.69) is 57.0 Å². The first kappa shape index (κ1) is 16.2. The van der Waals surface area contributed by atoms with Crippen molar-refractivity contribution in [2.24, 2.45) is 0 Å². The predicted molar refractivity (Wildman–Crippen MR) is 82.6 cm³/mol. The molecule has 108 valence electrons. The first-order valence-electron chi connectivity index (χ1n) is 7.39. The van der Waals surface area contributed by atoms with Gasteiger partial charge in [0.15, 0.2) is 0 Å². The summed E-state index contributed by atoms with van der Waals surface area (Å²) >= 11 is 0. The van der Waals surface area contributed by atoms with Gasteiger partial charge in [-0.15, -0.1) is 0 Å². The molecule has 0 amide bonds. The predicted octanol–water partition coefficient (Wildman–Crippen LogP) is 3.27. The van der Waals surface area contributed by atoms with Crippen molar-refractivity contribution in [3.05, 3.63) is 35.4 Å². The molecular formula is C17H29NO. The molecule has 0 aliphatic carbocycles. The number of likely N-dealkylation sites (N-methyl/N-ethyl adjacent to an activating group) is 1. The smallest absolute Gasteiger partial charge is 0.0448 e. The summed E-state index contributed by atoms with van der Waals surface area (Å²) < 4.78 is 0. The third-order valence-corrected chi connectivity index (χ3v) is 4.05. The van der Waals surface area contributed by atoms with Gasteiger partial charge in [-0.05, 0) is 51.3 Å². The Balaban J connectivity index is 2.47. The molecule has 0 aromatic heterocycles. The second kappa shape index (κ2) is 7.66. The maximum Gasteiger partial charge on any atom is 0.0448 e. The Labute approximate surface area is 118 Å². The van der Waals surface area contributed by atoms with E-state index >= 15 is 0 Å². The van der Waals surface area contributed by atoms with Crippen LogP contribution in [0.2, 0.25) is 0 Å². The SMILES string of the molecule is CCCc1ccc(CCN(C)C(C)(C)CCO)cc1. The van der Waals surface area contributed by atoms with E-state index in [9.17, 15) is 0 Å². The van der Waals surface area contributed by atoms with Crippen LogP contribution >= 0.6 is 0 Å². The van der Waals surface area contributed by atoms with Gasteiger partial charge in [0, 0.05) is 18.7 Å². The number of benzene rings is 1. The Morgan fingerprint density at radius 1 is 1.05 bits per heavy atom. The standard InChI is InChI=1S/C17H29NO/c1-5-6-15-7-9-16(10-8-15)11-13-18(4)17(2,3)12-14-19/h7-10,19H,5-6,11-14H2,1-4H3. The zero-order valence-electron chi connectivity index (χ0n) is 12.9. The molecule has 1 rings (SSSR count). The van der Waals surface area contributed by atoms with Crippen LogP contribution in [-0.2, 0) is 12.8 Å². The first-order valence-corrected chi connectivity index (χ1v) is 7.39. The van der Waals surface area contributed by atoms with Crippen LogP contribution in [0.1, 0.15) is 44.7 Å². The van der Waals surface area contributed by atoms with Crippen molar-refractivity contribution in [2.45, 2.75) is 52.0 Å². The van der Waals surface area contributed by atoms with Gasteiger partial charge in [-0.2, -0.15) is 0 Å². The molecule has 0 atom stereocenters. The van der Waals surface area contributed by atoms with E-state index in [4.69, 9.17) is 5.11 Å². The third-order valence-electron chi connectivity index (χ3n) is 4.05. The summed E-state index contributed by atoms with van der Waals surface area (Å²) in [6, 6.07) is 8.99. The van der Waals surface area contributed by atoms with Crippen LogP contribution in [0.3, 0.4) is 0 Å². The fourth-order valence-corrected chi connectivity index (χ4v) is 2.23. The van der Waals surface area contributed by atoms with Gasteiger partial charge in [0.05, 0.1) is 0 Å². The highest BCUT2D eigenvalue weighted by atomic mass is 16.3. The molecule has 0 saturated heterocycles. The van der Waals surface area contributed by atoms with E-state index < -0.39 is 0 Å². The van der Waals surface area contributed by atoms with Gasteiger partial charge in [0.25, 0.3) is 0 Å². The van der Waals surface area contributed by atoms with Crippen molar-refractivity contribution in [2.75, 3.05) is 20.2 Å². The number of hydrogen-bond donors (Lipinski definition) is 1. The minimum Gasteiger partial charge on any atom is -0.396 e. The minimum absolute atomic E-state index is 0.0664. The monoisotopic (exact) mass is 263 g/mol. The lowest BCUT2D eigenvalue weighted by Gasteiger charge is -2.35. The molecule has 1 N–H and O–H groups in total. The van der Waals surface area contributed by atoms with Gasteiger partial charge in [0.2, 0.25) is 0 Å².